The molecule has 1 aliphatic carbocycles. The normalized spacial score (nSPS) is 18.6. The van der Waals surface area contributed by atoms with Gasteiger partial charge in [0.1, 0.15) is 6.10 Å². The van der Waals surface area contributed by atoms with Crippen molar-refractivity contribution in [2.75, 3.05) is 5.32 Å². The molecule has 186 valence electrons. The summed E-state index contributed by atoms with van der Waals surface area (Å²) in [4.78, 5) is 13.7. The maximum Gasteiger partial charge on any atom is 0.412 e. The molecular formula is C31H34N2O2S. The van der Waals surface area contributed by atoms with Crippen LogP contribution in [0.5, 0.6) is 0 Å². The second-order valence-electron chi connectivity index (χ2n) is 10.0. The molecule has 1 fully saturated rings. The minimum absolute atomic E-state index is 0.339. The number of benzene rings is 3. The first kappa shape index (κ1) is 24.5. The molecule has 1 aliphatic rings. The molecule has 4 aromatic rings. The number of carbonyl (C=O) groups excluding carboxylic acids is 1. The van der Waals surface area contributed by atoms with Crippen LogP contribution < -0.4 is 5.32 Å². The van der Waals surface area contributed by atoms with Crippen LogP contribution in [-0.2, 0) is 4.74 Å². The monoisotopic (exact) mass is 498 g/mol. The van der Waals surface area contributed by atoms with Crippen LogP contribution >= 0.6 is 11.5 Å². The highest BCUT2D eigenvalue weighted by Gasteiger charge is 2.22. The number of nitrogens with one attached hydrogen (secondary N) is 1. The molecule has 1 heterocycles. The first-order chi connectivity index (χ1) is 17.5. The minimum Gasteiger partial charge on any atom is -0.441 e. The van der Waals surface area contributed by atoms with E-state index < -0.39 is 6.09 Å². The van der Waals surface area contributed by atoms with Gasteiger partial charge in [0.2, 0.25) is 0 Å². The van der Waals surface area contributed by atoms with Gasteiger partial charge in [-0.1, -0.05) is 74.0 Å². The van der Waals surface area contributed by atoms with Crippen LogP contribution in [0.3, 0.4) is 0 Å². The molecule has 1 saturated carbocycles. The number of hydrogen-bond acceptors (Lipinski definition) is 4. The SMILES string of the molecule is CCC1CCC(c2ccc3cc(-c4snc(C)c4NC(=O)O[C@H](C)c4ccccc4)ccc3c2)CC1. The van der Waals surface area contributed by atoms with Gasteiger partial charge >= 0.3 is 6.09 Å². The minimum atomic E-state index is -0.473. The van der Waals surface area contributed by atoms with Gasteiger partial charge in [-0.25, -0.2) is 4.79 Å². The highest BCUT2D eigenvalue weighted by atomic mass is 32.1. The molecule has 1 N–H and O–H groups in total. The summed E-state index contributed by atoms with van der Waals surface area (Å²) in [6.45, 7) is 6.11. The number of nitrogens with zero attached hydrogens (tertiary/aromatic N) is 1. The van der Waals surface area contributed by atoms with E-state index in [4.69, 9.17) is 4.74 Å². The van der Waals surface area contributed by atoms with E-state index in [0.717, 1.165) is 27.6 Å². The smallest absolute Gasteiger partial charge is 0.412 e. The summed E-state index contributed by atoms with van der Waals surface area (Å²) in [6.07, 6.45) is 5.81. The average Bonchev–Trinajstić information content (AvgIpc) is 3.28. The number of aromatic nitrogens is 1. The number of rotatable bonds is 6. The van der Waals surface area contributed by atoms with Crippen molar-refractivity contribution in [2.45, 2.75) is 64.9 Å². The molecule has 1 amide bonds. The Kier molecular flexibility index (Phi) is 7.38. The molecule has 1 atom stereocenters. The topological polar surface area (TPSA) is 51.2 Å². The van der Waals surface area contributed by atoms with Gasteiger partial charge < -0.3 is 4.74 Å². The first-order valence-electron chi connectivity index (χ1n) is 13.0. The fourth-order valence-electron chi connectivity index (χ4n) is 5.36. The first-order valence-corrected chi connectivity index (χ1v) is 13.8. The molecule has 5 rings (SSSR count). The lowest BCUT2D eigenvalue weighted by Crippen LogP contribution is -2.16. The Balaban J connectivity index is 1.33. The Hall–Kier alpha value is -3.18. The van der Waals surface area contributed by atoms with E-state index in [9.17, 15) is 4.79 Å². The van der Waals surface area contributed by atoms with E-state index in [1.54, 1.807) is 0 Å². The molecule has 0 aliphatic heterocycles. The third-order valence-electron chi connectivity index (χ3n) is 7.66. The molecule has 0 bridgehead atoms. The second kappa shape index (κ2) is 10.8. The third-order valence-corrected chi connectivity index (χ3v) is 8.65. The van der Waals surface area contributed by atoms with Gasteiger partial charge in [0, 0.05) is 0 Å². The predicted molar refractivity (Wildman–Crippen MR) is 150 cm³/mol. The molecule has 1 aromatic heterocycles. The van der Waals surface area contributed by atoms with E-state index in [0.29, 0.717) is 11.6 Å². The van der Waals surface area contributed by atoms with Gasteiger partial charge in [-0.3, -0.25) is 5.32 Å². The average molecular weight is 499 g/mol. The zero-order chi connectivity index (χ0) is 25.1. The van der Waals surface area contributed by atoms with Gasteiger partial charge in [-0.2, -0.15) is 4.37 Å². The Labute approximate surface area is 217 Å². The lowest BCUT2D eigenvalue weighted by Gasteiger charge is -2.28. The van der Waals surface area contributed by atoms with Crippen LogP contribution in [0.25, 0.3) is 21.2 Å². The Morgan fingerprint density at radius 3 is 2.50 bits per heavy atom. The van der Waals surface area contributed by atoms with Crippen LogP contribution in [0.4, 0.5) is 10.5 Å². The number of carbonyl (C=O) groups is 1. The van der Waals surface area contributed by atoms with E-state index in [1.807, 2.05) is 44.2 Å². The lowest BCUT2D eigenvalue weighted by atomic mass is 9.77. The number of hydrogen-bond donors (Lipinski definition) is 1. The molecule has 0 spiro atoms. The zero-order valence-corrected chi connectivity index (χ0v) is 22.1. The van der Waals surface area contributed by atoms with Crippen molar-refractivity contribution in [1.82, 2.24) is 4.37 Å². The van der Waals surface area contributed by atoms with Gasteiger partial charge in [0.15, 0.2) is 0 Å². The molecule has 5 heteroatoms. The third kappa shape index (κ3) is 5.31. The Morgan fingerprint density at radius 2 is 1.75 bits per heavy atom. The molecule has 3 aromatic carbocycles. The summed E-state index contributed by atoms with van der Waals surface area (Å²) in [5.41, 5.74) is 4.98. The number of fused-ring (bicyclic) bond motifs is 1. The largest absolute Gasteiger partial charge is 0.441 e. The van der Waals surface area contributed by atoms with Crippen LogP contribution in [0, 0.1) is 12.8 Å². The summed E-state index contributed by atoms with van der Waals surface area (Å²) in [5.74, 6) is 1.59. The zero-order valence-electron chi connectivity index (χ0n) is 21.3. The van der Waals surface area contributed by atoms with Crippen LogP contribution in [-0.4, -0.2) is 10.5 Å². The van der Waals surface area contributed by atoms with Crippen molar-refractivity contribution in [3.8, 4) is 10.4 Å². The second-order valence-corrected chi connectivity index (χ2v) is 10.8. The highest BCUT2D eigenvalue weighted by molar-refractivity contribution is 7.10. The number of ether oxygens (including phenoxy) is 1. The lowest BCUT2D eigenvalue weighted by molar-refractivity contribution is 0.121. The highest BCUT2D eigenvalue weighted by Crippen LogP contribution is 2.39. The van der Waals surface area contributed by atoms with Crippen molar-refractivity contribution in [3.63, 3.8) is 0 Å². The summed E-state index contributed by atoms with van der Waals surface area (Å²) in [5, 5.41) is 5.42. The van der Waals surface area contributed by atoms with Crippen molar-refractivity contribution >= 4 is 34.1 Å². The van der Waals surface area contributed by atoms with Crippen molar-refractivity contribution < 1.29 is 9.53 Å². The summed E-state index contributed by atoms with van der Waals surface area (Å²) < 4.78 is 10.2. The molecule has 36 heavy (non-hydrogen) atoms. The fourth-order valence-corrected chi connectivity index (χ4v) is 6.20. The van der Waals surface area contributed by atoms with Crippen LogP contribution in [0.1, 0.15) is 74.8 Å². The van der Waals surface area contributed by atoms with Crippen molar-refractivity contribution in [1.29, 1.82) is 0 Å². The van der Waals surface area contributed by atoms with E-state index in [-0.39, 0.29) is 6.10 Å². The van der Waals surface area contributed by atoms with Crippen molar-refractivity contribution in [3.05, 3.63) is 83.6 Å². The Bertz CT molecular complexity index is 1340. The summed E-state index contributed by atoms with van der Waals surface area (Å²) in [6, 6.07) is 23.2. The number of aryl methyl sites for hydroxylation is 1. The number of anilines is 1. The molecule has 0 radical (unpaired) electrons. The van der Waals surface area contributed by atoms with Gasteiger partial charge in [-0.15, -0.1) is 0 Å². The fraction of sp³-hybridized carbons (Fsp3) is 0.355. The Morgan fingerprint density at radius 1 is 1.03 bits per heavy atom. The maximum atomic E-state index is 12.7. The number of amides is 1. The van der Waals surface area contributed by atoms with Crippen molar-refractivity contribution in [2.24, 2.45) is 5.92 Å². The van der Waals surface area contributed by atoms with Gasteiger partial charge in [0.25, 0.3) is 0 Å². The predicted octanol–water partition coefficient (Wildman–Crippen LogP) is 9.27. The molecule has 0 unspecified atom stereocenters. The quantitative estimate of drug-likeness (QED) is 0.288. The summed E-state index contributed by atoms with van der Waals surface area (Å²) in [7, 11) is 0. The van der Waals surface area contributed by atoms with Gasteiger partial charge in [0.05, 0.1) is 16.3 Å². The standard InChI is InChI=1S/C31H34N2O2S/c1-4-22-10-12-24(13-11-22)25-14-15-27-19-28(17-16-26(27)18-25)30-29(20(2)33-36-30)32-31(34)35-21(3)23-8-6-5-7-9-23/h5-9,14-19,21-22,24H,4,10-13H2,1-3H3,(H,32,34)/t21-,22?,24?/m1/s1. The van der Waals surface area contributed by atoms with E-state index >= 15 is 0 Å². The molecule has 4 nitrogen and oxygen atoms in total. The van der Waals surface area contributed by atoms with Crippen LogP contribution in [0.2, 0.25) is 0 Å². The molecular weight excluding hydrogens is 464 g/mol. The summed E-state index contributed by atoms with van der Waals surface area (Å²) >= 11 is 1.40. The van der Waals surface area contributed by atoms with Crippen LogP contribution in [0.15, 0.2) is 66.7 Å². The molecule has 0 saturated heterocycles. The maximum absolute atomic E-state index is 12.7. The van der Waals surface area contributed by atoms with Gasteiger partial charge in [-0.05, 0) is 96.4 Å². The van der Waals surface area contributed by atoms with E-state index in [2.05, 4.69) is 53.0 Å². The van der Waals surface area contributed by atoms with E-state index in [1.165, 1.54) is 60.0 Å².